The molecule has 1 saturated heterocycles. The molecular formula is C30H32F2N4O2. The molecule has 1 aromatic heterocycles. The number of aromatic nitrogens is 1. The maximum Gasteiger partial charge on any atom is 0.272 e. The molecule has 0 bridgehead atoms. The summed E-state index contributed by atoms with van der Waals surface area (Å²) in [6, 6.07) is 16.6. The third-order valence-corrected chi connectivity index (χ3v) is 7.63. The molecule has 6 nitrogen and oxygen atoms in total. The van der Waals surface area contributed by atoms with E-state index in [0.29, 0.717) is 30.3 Å². The molecule has 1 N–H and O–H groups in total. The fourth-order valence-corrected chi connectivity index (χ4v) is 5.35. The Morgan fingerprint density at radius 3 is 2.05 bits per heavy atom. The van der Waals surface area contributed by atoms with Crippen LogP contribution in [0.2, 0.25) is 0 Å². The second-order valence-corrected chi connectivity index (χ2v) is 10.2. The zero-order chi connectivity index (χ0) is 26.5. The van der Waals surface area contributed by atoms with Gasteiger partial charge in [0.2, 0.25) is 0 Å². The highest BCUT2D eigenvalue weighted by Gasteiger charge is 2.25. The average Bonchev–Trinajstić information content (AvgIpc) is 2.95. The van der Waals surface area contributed by atoms with Gasteiger partial charge in [-0.3, -0.25) is 19.5 Å². The normalized spacial score (nSPS) is 20.2. The van der Waals surface area contributed by atoms with E-state index in [9.17, 15) is 18.4 Å². The van der Waals surface area contributed by atoms with E-state index in [-0.39, 0.29) is 29.5 Å². The second-order valence-electron chi connectivity index (χ2n) is 10.2. The van der Waals surface area contributed by atoms with E-state index in [2.05, 4.69) is 15.2 Å². The van der Waals surface area contributed by atoms with E-state index in [1.807, 2.05) is 12.1 Å². The van der Waals surface area contributed by atoms with Gasteiger partial charge in [0.1, 0.15) is 17.3 Å². The molecule has 38 heavy (non-hydrogen) atoms. The number of nitrogens with one attached hydrogen (secondary N) is 1. The summed E-state index contributed by atoms with van der Waals surface area (Å²) in [6.45, 7) is 3.35. The first-order chi connectivity index (χ1) is 18.4. The van der Waals surface area contributed by atoms with Crippen molar-refractivity contribution in [2.24, 2.45) is 0 Å². The van der Waals surface area contributed by atoms with Crippen molar-refractivity contribution in [3.63, 3.8) is 0 Å². The minimum absolute atomic E-state index is 0.0895. The quantitative estimate of drug-likeness (QED) is 0.511. The zero-order valence-electron chi connectivity index (χ0n) is 21.3. The van der Waals surface area contributed by atoms with Gasteiger partial charge in [0.15, 0.2) is 0 Å². The topological polar surface area (TPSA) is 65.5 Å². The van der Waals surface area contributed by atoms with Crippen LogP contribution in [-0.2, 0) is 6.54 Å². The lowest BCUT2D eigenvalue weighted by Gasteiger charge is -2.34. The molecule has 8 heteroatoms. The average molecular weight is 519 g/mol. The van der Waals surface area contributed by atoms with Crippen LogP contribution < -0.4 is 5.32 Å². The van der Waals surface area contributed by atoms with E-state index in [1.165, 1.54) is 30.5 Å². The molecule has 0 radical (unpaired) electrons. The van der Waals surface area contributed by atoms with Crippen LogP contribution in [0.5, 0.6) is 0 Å². The monoisotopic (exact) mass is 518 g/mol. The molecule has 3 aromatic rings. The maximum atomic E-state index is 13.2. The van der Waals surface area contributed by atoms with Crippen LogP contribution in [0.15, 0.2) is 66.9 Å². The summed E-state index contributed by atoms with van der Waals surface area (Å²) in [5.74, 6) is -0.405. The molecule has 2 amide bonds. The number of pyridine rings is 1. The van der Waals surface area contributed by atoms with Gasteiger partial charge in [0.05, 0.1) is 5.56 Å². The van der Waals surface area contributed by atoms with Crippen molar-refractivity contribution < 1.29 is 18.4 Å². The van der Waals surface area contributed by atoms with E-state index in [4.69, 9.17) is 0 Å². The Labute approximate surface area is 221 Å². The van der Waals surface area contributed by atoms with Gasteiger partial charge in [0.25, 0.3) is 11.8 Å². The van der Waals surface area contributed by atoms with Gasteiger partial charge >= 0.3 is 0 Å². The first-order valence-electron chi connectivity index (χ1n) is 13.2. The smallest absolute Gasteiger partial charge is 0.272 e. The molecule has 2 aromatic carbocycles. The number of carbonyl (C=O) groups is 2. The second kappa shape index (κ2) is 11.8. The number of piperazine rings is 1. The lowest BCUT2D eigenvalue weighted by molar-refractivity contribution is 0.0622. The summed E-state index contributed by atoms with van der Waals surface area (Å²) in [4.78, 5) is 34.0. The molecule has 198 valence electrons. The van der Waals surface area contributed by atoms with Crippen molar-refractivity contribution in [3.8, 4) is 0 Å². The van der Waals surface area contributed by atoms with Crippen LogP contribution in [0, 0.1) is 11.6 Å². The Kier molecular flexibility index (Phi) is 8.08. The van der Waals surface area contributed by atoms with Crippen LogP contribution >= 0.6 is 0 Å². The van der Waals surface area contributed by atoms with E-state index < -0.39 is 0 Å². The van der Waals surface area contributed by atoms with Gasteiger partial charge in [0, 0.05) is 45.0 Å². The van der Waals surface area contributed by atoms with E-state index >= 15 is 0 Å². The fraction of sp³-hybridized carbons (Fsp3) is 0.367. The van der Waals surface area contributed by atoms with Crippen molar-refractivity contribution >= 4 is 11.8 Å². The molecule has 2 fully saturated rings. The SMILES string of the molecule is O=C(NC1CCC(c2ccc(F)cc2)CC1)c1ccc(C(=O)N2CCN(Cc3ccc(F)cc3)CC2)nc1. The fourth-order valence-electron chi connectivity index (χ4n) is 5.35. The molecule has 0 spiro atoms. The molecule has 0 atom stereocenters. The third-order valence-electron chi connectivity index (χ3n) is 7.63. The van der Waals surface area contributed by atoms with Crippen LogP contribution in [0.4, 0.5) is 8.78 Å². The number of hydrogen-bond donors (Lipinski definition) is 1. The molecule has 2 heterocycles. The minimum atomic E-state index is -0.245. The summed E-state index contributed by atoms with van der Waals surface area (Å²) >= 11 is 0. The highest BCUT2D eigenvalue weighted by atomic mass is 19.1. The maximum absolute atomic E-state index is 13.2. The summed E-state index contributed by atoms with van der Waals surface area (Å²) < 4.78 is 26.3. The van der Waals surface area contributed by atoms with Gasteiger partial charge < -0.3 is 10.2 Å². The summed E-state index contributed by atoms with van der Waals surface area (Å²) in [5.41, 5.74) is 2.96. The molecule has 0 unspecified atom stereocenters. The van der Waals surface area contributed by atoms with Crippen LogP contribution in [0.25, 0.3) is 0 Å². The first-order valence-corrected chi connectivity index (χ1v) is 13.2. The zero-order valence-corrected chi connectivity index (χ0v) is 21.3. The Bertz CT molecular complexity index is 1230. The Balaban J connectivity index is 1.08. The molecule has 1 aliphatic carbocycles. The van der Waals surface area contributed by atoms with Crippen molar-refractivity contribution in [2.45, 2.75) is 44.2 Å². The number of rotatable bonds is 6. The van der Waals surface area contributed by atoms with Crippen molar-refractivity contribution in [1.29, 1.82) is 0 Å². The van der Waals surface area contributed by atoms with Crippen LogP contribution in [0.3, 0.4) is 0 Å². The number of carbonyl (C=O) groups excluding carboxylic acids is 2. The Hall–Kier alpha value is -3.65. The van der Waals surface area contributed by atoms with E-state index in [1.54, 1.807) is 29.2 Å². The van der Waals surface area contributed by atoms with Crippen LogP contribution in [0.1, 0.15) is 63.6 Å². The van der Waals surface area contributed by atoms with E-state index in [0.717, 1.165) is 56.4 Å². The number of amides is 2. The summed E-state index contributed by atoms with van der Waals surface area (Å²) in [7, 11) is 0. The van der Waals surface area contributed by atoms with Gasteiger partial charge in [-0.15, -0.1) is 0 Å². The van der Waals surface area contributed by atoms with Gasteiger partial charge in [-0.2, -0.15) is 0 Å². The predicted octanol–water partition coefficient (Wildman–Crippen LogP) is 4.77. The van der Waals surface area contributed by atoms with Crippen molar-refractivity contribution in [2.75, 3.05) is 26.2 Å². The standard InChI is InChI=1S/C30H32F2N4O2/c31-25-8-1-21(2-9-25)20-35-15-17-36(18-16-35)30(38)28-14-7-24(19-33-28)29(37)34-27-12-5-23(6-13-27)22-3-10-26(32)11-4-22/h1-4,7-11,14,19,23,27H,5-6,12-13,15-18,20H2,(H,34,37). The highest BCUT2D eigenvalue weighted by molar-refractivity contribution is 5.96. The van der Waals surface area contributed by atoms with Gasteiger partial charge in [-0.1, -0.05) is 24.3 Å². The number of hydrogen-bond acceptors (Lipinski definition) is 4. The highest BCUT2D eigenvalue weighted by Crippen LogP contribution is 2.33. The lowest BCUT2D eigenvalue weighted by Crippen LogP contribution is -2.48. The third kappa shape index (κ3) is 6.42. The minimum Gasteiger partial charge on any atom is -0.349 e. The lowest BCUT2D eigenvalue weighted by atomic mass is 9.81. The molecule has 1 saturated carbocycles. The Morgan fingerprint density at radius 2 is 1.45 bits per heavy atom. The van der Waals surface area contributed by atoms with Gasteiger partial charge in [-0.25, -0.2) is 8.78 Å². The van der Waals surface area contributed by atoms with Crippen molar-refractivity contribution in [3.05, 3.63) is 101 Å². The predicted molar refractivity (Wildman–Crippen MR) is 141 cm³/mol. The largest absolute Gasteiger partial charge is 0.349 e. The summed E-state index contributed by atoms with van der Waals surface area (Å²) in [6.07, 6.45) is 5.09. The number of nitrogens with zero attached hydrogens (tertiary/aromatic N) is 3. The number of halogens is 2. The van der Waals surface area contributed by atoms with Gasteiger partial charge in [-0.05, 0) is 79.1 Å². The molecular weight excluding hydrogens is 486 g/mol. The number of benzene rings is 2. The Morgan fingerprint density at radius 1 is 0.816 bits per heavy atom. The molecule has 5 rings (SSSR count). The summed E-state index contributed by atoms with van der Waals surface area (Å²) in [5, 5.41) is 3.10. The van der Waals surface area contributed by atoms with Crippen molar-refractivity contribution in [1.82, 2.24) is 20.1 Å². The van der Waals surface area contributed by atoms with Crippen LogP contribution in [-0.4, -0.2) is 58.8 Å². The molecule has 2 aliphatic rings. The molecule has 1 aliphatic heterocycles. The first kappa shape index (κ1) is 26.0.